The lowest BCUT2D eigenvalue weighted by Crippen LogP contribution is -2.43. The molecule has 6 rings (SSSR count). The molecule has 10 heteroatoms. The molecule has 10 nitrogen and oxygen atoms in total. The number of amidine groups is 1. The summed E-state index contributed by atoms with van der Waals surface area (Å²) in [6.45, 7) is 2.74. The minimum atomic E-state index is -0.239. The van der Waals surface area contributed by atoms with Crippen LogP contribution in [0.5, 0.6) is 0 Å². The van der Waals surface area contributed by atoms with Gasteiger partial charge in [0.15, 0.2) is 5.82 Å². The zero-order valence-corrected chi connectivity index (χ0v) is 20.5. The number of esters is 1. The average molecular weight is 490 g/mol. The molecule has 1 aliphatic carbocycles. The predicted molar refractivity (Wildman–Crippen MR) is 137 cm³/mol. The number of carbonyl (C=O) groups excluding carboxylic acids is 1. The van der Waals surface area contributed by atoms with Gasteiger partial charge in [-0.2, -0.15) is 15.0 Å². The number of morpholine rings is 1. The maximum absolute atomic E-state index is 12.0. The molecule has 188 valence electrons. The van der Waals surface area contributed by atoms with E-state index in [1.54, 1.807) is 0 Å². The van der Waals surface area contributed by atoms with Crippen LogP contribution >= 0.6 is 0 Å². The fourth-order valence-corrected chi connectivity index (χ4v) is 5.52. The van der Waals surface area contributed by atoms with Gasteiger partial charge in [-0.15, -0.1) is 0 Å². The zero-order chi connectivity index (χ0) is 24.5. The number of aliphatic imine (C=N–C) groups is 1. The van der Waals surface area contributed by atoms with E-state index in [2.05, 4.69) is 33.0 Å². The number of fused-ring (bicyclic) bond motifs is 2. The highest BCUT2D eigenvalue weighted by Gasteiger charge is 2.40. The molecule has 2 unspecified atom stereocenters. The highest BCUT2D eigenvalue weighted by molar-refractivity contribution is 6.01. The van der Waals surface area contributed by atoms with Gasteiger partial charge in [0.2, 0.25) is 11.9 Å². The standard InChI is InChI=1S/C26H31N7O3/c1-35-23(34)10-9-22-28-20-6-2-3-8-21(20)33(22)26-30-24(18-5-4-7-19-17(18)11-12-27-19)29-25(31-26)32-13-15-36-16-14-32/h4-5,7,11-12,20-21,27H,2-3,6,8-10,13-16H2,1H3. The Labute approximate surface area is 209 Å². The smallest absolute Gasteiger partial charge is 0.305 e. The minimum absolute atomic E-state index is 0.197. The lowest BCUT2D eigenvalue weighted by molar-refractivity contribution is -0.140. The normalized spacial score (nSPS) is 22.0. The Kier molecular flexibility index (Phi) is 6.27. The van der Waals surface area contributed by atoms with Crippen LogP contribution < -0.4 is 9.80 Å². The fourth-order valence-electron chi connectivity index (χ4n) is 5.52. The van der Waals surface area contributed by atoms with Gasteiger partial charge in [-0.05, 0) is 25.0 Å². The van der Waals surface area contributed by atoms with Crippen molar-refractivity contribution in [1.82, 2.24) is 19.9 Å². The van der Waals surface area contributed by atoms with E-state index in [0.717, 1.165) is 54.7 Å². The molecule has 0 amide bonds. The number of benzene rings is 1. The number of H-pyrrole nitrogens is 1. The number of anilines is 2. The molecule has 1 aromatic carbocycles. The first-order valence-electron chi connectivity index (χ1n) is 12.8. The molecular formula is C26H31N7O3. The Morgan fingerprint density at radius 1 is 1.11 bits per heavy atom. The number of methoxy groups -OCH3 is 1. The first-order chi connectivity index (χ1) is 17.7. The van der Waals surface area contributed by atoms with Gasteiger partial charge in [0.1, 0.15) is 5.84 Å². The maximum atomic E-state index is 12.0. The maximum Gasteiger partial charge on any atom is 0.305 e. The Hall–Kier alpha value is -3.53. The van der Waals surface area contributed by atoms with Crippen molar-refractivity contribution in [3.05, 3.63) is 30.5 Å². The van der Waals surface area contributed by atoms with Gasteiger partial charge in [0, 0.05) is 42.2 Å². The molecule has 2 fully saturated rings. The second-order valence-electron chi connectivity index (χ2n) is 9.51. The molecular weight excluding hydrogens is 458 g/mol. The van der Waals surface area contributed by atoms with Crippen molar-refractivity contribution in [2.24, 2.45) is 4.99 Å². The van der Waals surface area contributed by atoms with E-state index in [0.29, 0.717) is 37.4 Å². The third kappa shape index (κ3) is 4.30. The average Bonchev–Trinajstić information content (AvgIpc) is 3.56. The van der Waals surface area contributed by atoms with Crippen molar-refractivity contribution >= 4 is 34.6 Å². The van der Waals surface area contributed by atoms with Crippen molar-refractivity contribution < 1.29 is 14.3 Å². The number of nitrogens with zero attached hydrogens (tertiary/aromatic N) is 6. The van der Waals surface area contributed by atoms with Gasteiger partial charge in [-0.1, -0.05) is 25.0 Å². The molecule has 1 N–H and O–H groups in total. The molecule has 0 bridgehead atoms. The molecule has 1 saturated carbocycles. The molecule has 0 spiro atoms. The molecule has 3 aromatic rings. The van der Waals surface area contributed by atoms with Crippen LogP contribution in [0.4, 0.5) is 11.9 Å². The summed E-state index contributed by atoms with van der Waals surface area (Å²) in [6.07, 6.45) is 7.10. The SMILES string of the molecule is COC(=O)CCC1=NC2CCCCC2N1c1nc(-c2cccc3[nH]ccc23)nc(N2CCOCC2)n1. The van der Waals surface area contributed by atoms with E-state index in [4.69, 9.17) is 29.4 Å². The Bertz CT molecular complexity index is 1280. The van der Waals surface area contributed by atoms with Crippen molar-refractivity contribution in [3.63, 3.8) is 0 Å². The van der Waals surface area contributed by atoms with Gasteiger partial charge in [0.25, 0.3) is 0 Å². The molecule has 36 heavy (non-hydrogen) atoms. The molecule has 2 atom stereocenters. The topological polar surface area (TPSA) is 109 Å². The third-order valence-electron chi connectivity index (χ3n) is 7.36. The number of rotatable bonds is 6. The van der Waals surface area contributed by atoms with Crippen LogP contribution in [0, 0.1) is 0 Å². The summed E-state index contributed by atoms with van der Waals surface area (Å²) < 4.78 is 10.5. The molecule has 1 saturated heterocycles. The number of carbonyl (C=O) groups is 1. The number of hydrogen-bond donors (Lipinski definition) is 1. The second kappa shape index (κ2) is 9.85. The first-order valence-corrected chi connectivity index (χ1v) is 12.8. The van der Waals surface area contributed by atoms with E-state index >= 15 is 0 Å². The highest BCUT2D eigenvalue weighted by atomic mass is 16.5. The summed E-state index contributed by atoms with van der Waals surface area (Å²) in [7, 11) is 1.42. The van der Waals surface area contributed by atoms with Gasteiger partial charge in [-0.25, -0.2) is 0 Å². The van der Waals surface area contributed by atoms with Crippen LogP contribution in [0.3, 0.4) is 0 Å². The van der Waals surface area contributed by atoms with Gasteiger partial charge in [-0.3, -0.25) is 14.7 Å². The number of nitrogens with one attached hydrogen (secondary N) is 1. The number of aromatic amines is 1. The Morgan fingerprint density at radius 3 is 2.81 bits per heavy atom. The van der Waals surface area contributed by atoms with Gasteiger partial charge >= 0.3 is 5.97 Å². The molecule has 2 aliphatic heterocycles. The Morgan fingerprint density at radius 2 is 1.94 bits per heavy atom. The summed E-state index contributed by atoms with van der Waals surface area (Å²) in [4.78, 5) is 39.6. The molecule has 4 heterocycles. The van der Waals surface area contributed by atoms with E-state index in [1.165, 1.54) is 13.5 Å². The van der Waals surface area contributed by atoms with Crippen LogP contribution in [0.15, 0.2) is 35.5 Å². The lowest BCUT2D eigenvalue weighted by atomic mass is 9.91. The third-order valence-corrected chi connectivity index (χ3v) is 7.36. The number of ether oxygens (including phenoxy) is 2. The fraction of sp³-hybridized carbons (Fsp3) is 0.500. The van der Waals surface area contributed by atoms with Crippen LogP contribution in [-0.2, 0) is 14.3 Å². The molecule has 3 aliphatic rings. The van der Waals surface area contributed by atoms with Crippen LogP contribution in [0.2, 0.25) is 0 Å². The first kappa shape index (κ1) is 22.9. The largest absolute Gasteiger partial charge is 0.469 e. The summed E-state index contributed by atoms with van der Waals surface area (Å²) in [5.41, 5.74) is 2.00. The van der Waals surface area contributed by atoms with Crippen LogP contribution in [0.1, 0.15) is 38.5 Å². The summed E-state index contributed by atoms with van der Waals surface area (Å²) >= 11 is 0. The van der Waals surface area contributed by atoms with Crippen molar-refractivity contribution in [3.8, 4) is 11.4 Å². The van der Waals surface area contributed by atoms with Crippen LogP contribution in [-0.4, -0.2) is 77.2 Å². The van der Waals surface area contributed by atoms with Crippen molar-refractivity contribution in [2.75, 3.05) is 43.2 Å². The van der Waals surface area contributed by atoms with Crippen molar-refractivity contribution in [2.45, 2.75) is 50.6 Å². The summed E-state index contributed by atoms with van der Waals surface area (Å²) in [6, 6.07) is 8.57. The zero-order valence-electron chi connectivity index (χ0n) is 20.5. The van der Waals surface area contributed by atoms with Crippen LogP contribution in [0.25, 0.3) is 22.3 Å². The monoisotopic (exact) mass is 489 g/mol. The Balaban J connectivity index is 1.45. The van der Waals surface area contributed by atoms with Crippen molar-refractivity contribution in [1.29, 1.82) is 0 Å². The van der Waals surface area contributed by atoms with E-state index in [9.17, 15) is 4.79 Å². The molecule has 0 radical (unpaired) electrons. The highest BCUT2D eigenvalue weighted by Crippen LogP contribution is 2.36. The predicted octanol–water partition coefficient (Wildman–Crippen LogP) is 3.34. The summed E-state index contributed by atoms with van der Waals surface area (Å²) in [5.74, 6) is 2.52. The van der Waals surface area contributed by atoms with Gasteiger partial charge in [0.05, 0.1) is 38.8 Å². The quantitative estimate of drug-likeness (QED) is 0.525. The number of hydrogen-bond acceptors (Lipinski definition) is 9. The van der Waals surface area contributed by atoms with E-state index < -0.39 is 0 Å². The van der Waals surface area contributed by atoms with Gasteiger partial charge < -0.3 is 19.4 Å². The lowest BCUT2D eigenvalue weighted by Gasteiger charge is -2.33. The summed E-state index contributed by atoms with van der Waals surface area (Å²) in [5, 5.41) is 1.07. The molecule has 2 aromatic heterocycles. The minimum Gasteiger partial charge on any atom is -0.469 e. The second-order valence-corrected chi connectivity index (χ2v) is 9.51. The van der Waals surface area contributed by atoms with E-state index in [1.807, 2.05) is 12.3 Å². The number of aromatic nitrogens is 4. The van der Waals surface area contributed by atoms with E-state index in [-0.39, 0.29) is 24.5 Å².